The summed E-state index contributed by atoms with van der Waals surface area (Å²) in [4.78, 5) is 12.6. The highest BCUT2D eigenvalue weighted by atomic mass is 16.7. The summed E-state index contributed by atoms with van der Waals surface area (Å²) in [6, 6.07) is 6.55. The largest absolute Gasteiger partial charge is 0.504 e. The topological polar surface area (TPSA) is 186 Å². The van der Waals surface area contributed by atoms with Crippen LogP contribution in [0.1, 0.15) is 28.4 Å². The van der Waals surface area contributed by atoms with Gasteiger partial charge in [-0.05, 0) is 29.8 Å². The van der Waals surface area contributed by atoms with Gasteiger partial charge < -0.3 is 50.0 Å². The van der Waals surface area contributed by atoms with E-state index in [1.54, 1.807) is 0 Å². The number of phenolic OH excluding ortho intramolecular Hbond substituents is 3. The van der Waals surface area contributed by atoms with E-state index >= 15 is 0 Å². The first-order valence-corrected chi connectivity index (χ1v) is 9.76. The second-order valence-corrected chi connectivity index (χ2v) is 7.59. The van der Waals surface area contributed by atoms with Crippen molar-refractivity contribution in [1.82, 2.24) is 0 Å². The van der Waals surface area contributed by atoms with Crippen molar-refractivity contribution in [3.63, 3.8) is 0 Å². The Labute approximate surface area is 181 Å². The minimum atomic E-state index is -1.70. The predicted octanol–water partition coefficient (Wildman–Crippen LogP) is -0.311. The molecule has 0 saturated carbocycles. The predicted molar refractivity (Wildman–Crippen MR) is 105 cm³/mol. The number of phenols is 3. The van der Waals surface area contributed by atoms with E-state index in [2.05, 4.69) is 0 Å². The summed E-state index contributed by atoms with van der Waals surface area (Å²) in [6.45, 7) is -0.653. The van der Waals surface area contributed by atoms with Gasteiger partial charge in [0, 0.05) is 0 Å². The SMILES string of the molecule is O=C1C[C@@H](c2ccc(O)c(O)c2)Oc2c1ccc(O[C@@H]1O[C@@H](CO)[C@@H](O)[C@@H](O)[C@@H]1O)c2O. The summed E-state index contributed by atoms with van der Waals surface area (Å²) in [6.07, 6.45) is -8.64. The Morgan fingerprint density at radius 2 is 1.72 bits per heavy atom. The highest BCUT2D eigenvalue weighted by Crippen LogP contribution is 2.46. The van der Waals surface area contributed by atoms with Crippen LogP contribution in [0.4, 0.5) is 0 Å². The standard InChI is InChI=1S/C21H22O11/c22-7-15-16(26)18(28)19(29)21(32-15)31-13-4-2-9-11(24)6-14(30-20(9)17(13)27)8-1-3-10(23)12(25)5-8/h1-5,14-16,18-19,21-23,25-29H,6-7H2/t14-,15-,16+,18+,19-,21+/m0/s1. The Balaban J connectivity index is 1.61. The van der Waals surface area contributed by atoms with E-state index in [1.807, 2.05) is 0 Å². The number of aliphatic hydroxyl groups is 4. The lowest BCUT2D eigenvalue weighted by Crippen LogP contribution is -2.60. The van der Waals surface area contributed by atoms with E-state index in [0.717, 1.165) is 0 Å². The van der Waals surface area contributed by atoms with E-state index in [9.17, 15) is 40.5 Å². The molecule has 0 bridgehead atoms. The van der Waals surface area contributed by atoms with Gasteiger partial charge in [-0.25, -0.2) is 0 Å². The summed E-state index contributed by atoms with van der Waals surface area (Å²) in [5.74, 6) is -2.09. The van der Waals surface area contributed by atoms with Crippen LogP contribution in [-0.4, -0.2) is 78.8 Å². The molecule has 172 valence electrons. The number of benzene rings is 2. The minimum absolute atomic E-state index is 0.0798. The van der Waals surface area contributed by atoms with Crippen molar-refractivity contribution in [2.45, 2.75) is 43.2 Å². The van der Waals surface area contributed by atoms with Crippen molar-refractivity contribution >= 4 is 5.78 Å². The van der Waals surface area contributed by atoms with Gasteiger partial charge in [0.1, 0.15) is 30.5 Å². The van der Waals surface area contributed by atoms with Crippen molar-refractivity contribution < 1.29 is 54.8 Å². The van der Waals surface area contributed by atoms with Gasteiger partial charge in [-0.2, -0.15) is 0 Å². The molecule has 0 aliphatic carbocycles. The second-order valence-electron chi connectivity index (χ2n) is 7.59. The van der Waals surface area contributed by atoms with Crippen molar-refractivity contribution in [2.75, 3.05) is 6.61 Å². The van der Waals surface area contributed by atoms with E-state index in [0.29, 0.717) is 5.56 Å². The van der Waals surface area contributed by atoms with Crippen LogP contribution in [0, 0.1) is 0 Å². The fourth-order valence-corrected chi connectivity index (χ4v) is 3.67. The maximum Gasteiger partial charge on any atom is 0.229 e. The molecular formula is C21H22O11. The summed E-state index contributed by atoms with van der Waals surface area (Å²) >= 11 is 0. The molecule has 0 unspecified atom stereocenters. The lowest BCUT2D eigenvalue weighted by Gasteiger charge is -2.39. The van der Waals surface area contributed by atoms with Crippen LogP contribution in [0.3, 0.4) is 0 Å². The summed E-state index contributed by atoms with van der Waals surface area (Å²) in [5, 5.41) is 69.1. The lowest BCUT2D eigenvalue weighted by molar-refractivity contribution is -0.277. The number of hydrogen-bond donors (Lipinski definition) is 7. The molecule has 0 spiro atoms. The van der Waals surface area contributed by atoms with Gasteiger partial charge in [0.25, 0.3) is 0 Å². The summed E-state index contributed by atoms with van der Waals surface area (Å²) in [7, 11) is 0. The van der Waals surface area contributed by atoms with Crippen LogP contribution < -0.4 is 9.47 Å². The monoisotopic (exact) mass is 450 g/mol. The van der Waals surface area contributed by atoms with Gasteiger partial charge in [0.2, 0.25) is 12.0 Å². The first-order valence-electron chi connectivity index (χ1n) is 9.76. The molecule has 2 aromatic carbocycles. The zero-order chi connectivity index (χ0) is 23.2. The Bertz CT molecular complexity index is 1020. The lowest BCUT2D eigenvalue weighted by atomic mass is 9.95. The molecule has 2 aliphatic heterocycles. The number of Topliss-reactive ketones (excluding diaryl/α,β-unsaturated/α-hetero) is 1. The number of rotatable bonds is 4. The molecule has 4 rings (SSSR count). The molecule has 6 atom stereocenters. The molecule has 2 aliphatic rings. The molecule has 1 saturated heterocycles. The van der Waals surface area contributed by atoms with Crippen LogP contribution in [-0.2, 0) is 4.74 Å². The normalized spacial score (nSPS) is 29.8. The molecule has 7 N–H and O–H groups in total. The molecule has 11 heteroatoms. The Kier molecular flexibility index (Phi) is 5.84. The smallest absolute Gasteiger partial charge is 0.229 e. The molecule has 2 heterocycles. The maximum atomic E-state index is 12.6. The van der Waals surface area contributed by atoms with E-state index < -0.39 is 54.9 Å². The summed E-state index contributed by atoms with van der Waals surface area (Å²) < 4.78 is 16.5. The third-order valence-corrected chi connectivity index (χ3v) is 5.49. The second kappa shape index (κ2) is 8.45. The number of ketones is 1. The van der Waals surface area contributed by atoms with Crippen LogP contribution in [0.5, 0.6) is 28.7 Å². The third kappa shape index (κ3) is 3.80. The molecule has 11 nitrogen and oxygen atoms in total. The van der Waals surface area contributed by atoms with Gasteiger partial charge in [-0.3, -0.25) is 4.79 Å². The molecule has 0 radical (unpaired) electrons. The van der Waals surface area contributed by atoms with Gasteiger partial charge in [-0.1, -0.05) is 6.07 Å². The Morgan fingerprint density at radius 1 is 0.969 bits per heavy atom. The van der Waals surface area contributed by atoms with Crippen molar-refractivity contribution in [1.29, 1.82) is 0 Å². The fraction of sp³-hybridized carbons (Fsp3) is 0.381. The fourth-order valence-electron chi connectivity index (χ4n) is 3.67. The number of hydrogen-bond acceptors (Lipinski definition) is 11. The number of ether oxygens (including phenoxy) is 3. The number of aromatic hydroxyl groups is 3. The number of carbonyl (C=O) groups is 1. The first kappa shape index (κ1) is 22.1. The van der Waals surface area contributed by atoms with Crippen LogP contribution >= 0.6 is 0 Å². The molecule has 2 aromatic rings. The molecule has 0 aromatic heterocycles. The first-order chi connectivity index (χ1) is 15.2. The van der Waals surface area contributed by atoms with Crippen LogP contribution in [0.2, 0.25) is 0 Å². The molecule has 32 heavy (non-hydrogen) atoms. The van der Waals surface area contributed by atoms with Crippen LogP contribution in [0.15, 0.2) is 30.3 Å². The van der Waals surface area contributed by atoms with Gasteiger partial charge >= 0.3 is 0 Å². The highest BCUT2D eigenvalue weighted by molar-refractivity contribution is 6.01. The Hall–Kier alpha value is -3.09. The zero-order valence-corrected chi connectivity index (χ0v) is 16.5. The van der Waals surface area contributed by atoms with E-state index in [1.165, 1.54) is 30.3 Å². The van der Waals surface area contributed by atoms with Gasteiger partial charge in [0.05, 0.1) is 18.6 Å². The quantitative estimate of drug-likeness (QED) is 0.303. The third-order valence-electron chi connectivity index (χ3n) is 5.49. The molecule has 0 amide bonds. The average Bonchev–Trinajstić information content (AvgIpc) is 2.77. The Morgan fingerprint density at radius 3 is 2.41 bits per heavy atom. The van der Waals surface area contributed by atoms with Gasteiger partial charge in [-0.15, -0.1) is 0 Å². The molecule has 1 fully saturated rings. The van der Waals surface area contributed by atoms with Crippen LogP contribution in [0.25, 0.3) is 0 Å². The van der Waals surface area contributed by atoms with Crippen molar-refractivity contribution in [3.05, 3.63) is 41.5 Å². The zero-order valence-electron chi connectivity index (χ0n) is 16.5. The highest BCUT2D eigenvalue weighted by Gasteiger charge is 2.45. The van der Waals surface area contributed by atoms with Crippen molar-refractivity contribution in [2.24, 2.45) is 0 Å². The summed E-state index contributed by atoms with van der Waals surface area (Å²) in [5.41, 5.74) is 0.474. The number of fused-ring (bicyclic) bond motifs is 1. The van der Waals surface area contributed by atoms with Gasteiger partial charge in [0.15, 0.2) is 28.8 Å². The number of aliphatic hydroxyl groups excluding tert-OH is 4. The van der Waals surface area contributed by atoms with E-state index in [4.69, 9.17) is 14.2 Å². The number of carbonyl (C=O) groups excluding carboxylic acids is 1. The average molecular weight is 450 g/mol. The van der Waals surface area contributed by atoms with Crippen molar-refractivity contribution in [3.8, 4) is 28.7 Å². The molecular weight excluding hydrogens is 428 g/mol. The van der Waals surface area contributed by atoms with E-state index in [-0.39, 0.29) is 35.0 Å². The maximum absolute atomic E-state index is 12.6. The minimum Gasteiger partial charge on any atom is -0.504 e.